The Morgan fingerprint density at radius 3 is 2.36 bits per heavy atom. The van der Waals surface area contributed by atoms with Gasteiger partial charge in [0.1, 0.15) is 41.5 Å². The fraction of sp³-hybridized carbons (Fsp3) is 0.818. The minimum absolute atomic E-state index is 0.0441. The van der Waals surface area contributed by atoms with Gasteiger partial charge >= 0.3 is 6.09 Å². The highest BCUT2D eigenvalue weighted by Gasteiger charge is 2.54. The summed E-state index contributed by atoms with van der Waals surface area (Å²) in [5, 5.41) is 35.8. The Balaban J connectivity index is 1.97. The number of amides is 2. The van der Waals surface area contributed by atoms with Crippen molar-refractivity contribution in [3.63, 3.8) is 0 Å². The highest BCUT2D eigenvalue weighted by Crippen LogP contribution is 2.40. The molecule has 0 aliphatic carbocycles. The van der Waals surface area contributed by atoms with E-state index in [0.29, 0.717) is 37.2 Å². The van der Waals surface area contributed by atoms with E-state index in [0.717, 1.165) is 19.3 Å². The third-order valence-electron chi connectivity index (χ3n) is 8.84. The summed E-state index contributed by atoms with van der Waals surface area (Å²) in [6.07, 6.45) is 0.150. The molecular weight excluding hydrogens is 584 g/mol. The summed E-state index contributed by atoms with van der Waals surface area (Å²) in [4.78, 5) is 29.5. The molecule has 2 amide bonds. The van der Waals surface area contributed by atoms with Gasteiger partial charge in [-0.3, -0.25) is 9.69 Å². The minimum atomic E-state index is -1.49. The molecule has 3 rings (SSSR count). The maximum Gasteiger partial charge on any atom is 0.411 e. The number of allylic oxidation sites excluding steroid dienone is 1. The number of aliphatic hydroxyl groups is 3. The fourth-order valence-electron chi connectivity index (χ4n) is 6.85. The normalized spacial score (nSPS) is 33.7. The van der Waals surface area contributed by atoms with Gasteiger partial charge in [-0.15, -0.1) is 24.9 Å². The van der Waals surface area contributed by atoms with Crippen molar-refractivity contribution in [2.24, 2.45) is 23.2 Å². The van der Waals surface area contributed by atoms with E-state index in [1.54, 1.807) is 32.9 Å². The van der Waals surface area contributed by atoms with Gasteiger partial charge in [-0.1, -0.05) is 39.8 Å². The van der Waals surface area contributed by atoms with Crippen LogP contribution in [0.5, 0.6) is 0 Å². The van der Waals surface area contributed by atoms with Crippen LogP contribution in [0.3, 0.4) is 0 Å². The van der Waals surface area contributed by atoms with Crippen molar-refractivity contribution in [1.29, 1.82) is 0 Å². The van der Waals surface area contributed by atoms with E-state index >= 15 is 0 Å². The lowest BCUT2D eigenvalue weighted by Gasteiger charge is -2.48. The number of carbonyl (C=O) groups excluding carboxylic acids is 2. The lowest BCUT2D eigenvalue weighted by atomic mass is 9.75. The average Bonchev–Trinajstić information content (AvgIpc) is 3.15. The van der Waals surface area contributed by atoms with E-state index in [9.17, 15) is 24.9 Å². The van der Waals surface area contributed by atoms with Gasteiger partial charge in [0.05, 0.1) is 12.1 Å². The maximum atomic E-state index is 14.4. The highest BCUT2D eigenvalue weighted by molar-refractivity contribution is 7.99. The number of thioether (sulfide) groups is 1. The number of rotatable bonds is 11. The largest absolute Gasteiger partial charge is 0.444 e. The summed E-state index contributed by atoms with van der Waals surface area (Å²) in [6.45, 7) is 22.0. The Kier molecular flexibility index (Phi) is 12.8. The van der Waals surface area contributed by atoms with Crippen molar-refractivity contribution in [3.8, 4) is 0 Å². The molecule has 3 aliphatic heterocycles. The van der Waals surface area contributed by atoms with E-state index in [4.69, 9.17) is 14.2 Å². The molecule has 3 saturated heterocycles. The van der Waals surface area contributed by atoms with Crippen LogP contribution in [0.2, 0.25) is 0 Å². The number of likely N-dealkylation sites (tertiary alicyclic amines) is 1. The molecule has 0 aromatic heterocycles. The van der Waals surface area contributed by atoms with E-state index in [1.165, 1.54) is 16.7 Å². The number of nitrogens with zero attached hydrogens (tertiary/aromatic N) is 1. The molecule has 0 aromatic carbocycles. The summed E-state index contributed by atoms with van der Waals surface area (Å²) < 4.78 is 18.3. The number of aliphatic hydroxyl groups excluding tert-OH is 3. The van der Waals surface area contributed by atoms with Crippen LogP contribution >= 0.6 is 11.8 Å². The van der Waals surface area contributed by atoms with Crippen LogP contribution in [-0.4, -0.2) is 105 Å². The molecule has 0 bridgehead atoms. The zero-order valence-corrected chi connectivity index (χ0v) is 28.4. The SMILES string of the molecule is C=CCS[C@H]1O[C@H]([C@H](NC(=O)[C@@H]2[C@@H]3OCC[C@@H](CC(C)C)C[C@H]3CN2C(=O)OC(C)(C)C)C(C)(C)CC=C)[C@H](O)[C@H](O)[C@H]1O. The predicted molar refractivity (Wildman–Crippen MR) is 172 cm³/mol. The molecule has 3 fully saturated rings. The van der Waals surface area contributed by atoms with Crippen molar-refractivity contribution in [1.82, 2.24) is 10.2 Å². The Morgan fingerprint density at radius 2 is 1.77 bits per heavy atom. The first-order valence-corrected chi connectivity index (χ1v) is 17.0. The molecule has 0 radical (unpaired) electrons. The van der Waals surface area contributed by atoms with E-state index in [-0.39, 0.29) is 5.92 Å². The Morgan fingerprint density at radius 1 is 1.09 bits per heavy atom. The minimum Gasteiger partial charge on any atom is -0.444 e. The topological polar surface area (TPSA) is 138 Å². The number of fused-ring (bicyclic) bond motifs is 1. The Labute approximate surface area is 267 Å². The van der Waals surface area contributed by atoms with Crippen LogP contribution in [0.25, 0.3) is 0 Å². The first-order valence-electron chi connectivity index (χ1n) is 15.9. The Hall–Kier alpha value is -1.63. The van der Waals surface area contributed by atoms with Gasteiger partial charge in [0.25, 0.3) is 0 Å². The summed E-state index contributed by atoms with van der Waals surface area (Å²) in [5.74, 6) is 0.915. The number of nitrogens with one attached hydrogen (secondary N) is 1. The molecule has 3 aliphatic rings. The molecule has 0 saturated carbocycles. The first-order chi connectivity index (χ1) is 20.5. The predicted octanol–water partition coefficient (Wildman–Crippen LogP) is 3.88. The number of ether oxygens (including phenoxy) is 3. The molecule has 0 spiro atoms. The smallest absolute Gasteiger partial charge is 0.411 e. The highest BCUT2D eigenvalue weighted by atomic mass is 32.2. The zero-order chi connectivity index (χ0) is 33.0. The van der Waals surface area contributed by atoms with Crippen LogP contribution in [0.4, 0.5) is 4.79 Å². The molecule has 44 heavy (non-hydrogen) atoms. The van der Waals surface area contributed by atoms with Crippen molar-refractivity contribution in [3.05, 3.63) is 25.3 Å². The molecule has 3 heterocycles. The quantitative estimate of drug-likeness (QED) is 0.248. The van der Waals surface area contributed by atoms with Gasteiger partial charge < -0.3 is 34.8 Å². The van der Waals surface area contributed by atoms with Crippen LogP contribution in [0.1, 0.15) is 74.1 Å². The van der Waals surface area contributed by atoms with Crippen molar-refractivity contribution in [2.45, 2.75) is 128 Å². The molecular formula is C33H56N2O8S. The van der Waals surface area contributed by atoms with Crippen LogP contribution in [-0.2, 0) is 19.0 Å². The van der Waals surface area contributed by atoms with Gasteiger partial charge in [0.2, 0.25) is 5.91 Å². The third-order valence-corrected chi connectivity index (χ3v) is 9.99. The second-order valence-corrected chi connectivity index (χ2v) is 15.9. The van der Waals surface area contributed by atoms with Crippen LogP contribution in [0, 0.1) is 23.2 Å². The average molecular weight is 641 g/mol. The van der Waals surface area contributed by atoms with E-state index in [2.05, 4.69) is 32.3 Å². The lowest BCUT2D eigenvalue weighted by Crippen LogP contribution is -2.67. The number of carbonyl (C=O) groups is 2. The van der Waals surface area contributed by atoms with Gasteiger partial charge in [0.15, 0.2) is 0 Å². The van der Waals surface area contributed by atoms with Crippen molar-refractivity contribution in [2.75, 3.05) is 18.9 Å². The molecule has 4 N–H and O–H groups in total. The second-order valence-electron chi connectivity index (χ2n) is 14.7. The third kappa shape index (κ3) is 9.00. The molecule has 11 heteroatoms. The maximum absolute atomic E-state index is 14.4. The molecule has 10 nitrogen and oxygen atoms in total. The first kappa shape index (κ1) is 36.8. The van der Waals surface area contributed by atoms with Gasteiger partial charge in [-0.25, -0.2) is 4.79 Å². The summed E-state index contributed by atoms with van der Waals surface area (Å²) >= 11 is 1.25. The van der Waals surface area contributed by atoms with Gasteiger partial charge in [-0.2, -0.15) is 0 Å². The zero-order valence-electron chi connectivity index (χ0n) is 27.6. The van der Waals surface area contributed by atoms with Crippen LogP contribution in [0.15, 0.2) is 25.3 Å². The van der Waals surface area contributed by atoms with E-state index < -0.39 is 71.1 Å². The summed E-state index contributed by atoms with van der Waals surface area (Å²) in [7, 11) is 0. The van der Waals surface area contributed by atoms with Crippen molar-refractivity contribution >= 4 is 23.8 Å². The molecule has 0 aromatic rings. The number of hydrogen-bond acceptors (Lipinski definition) is 9. The monoisotopic (exact) mass is 640 g/mol. The van der Waals surface area contributed by atoms with Gasteiger partial charge in [0, 0.05) is 24.8 Å². The van der Waals surface area contributed by atoms with E-state index in [1.807, 2.05) is 13.8 Å². The Bertz CT molecular complexity index is 1000. The number of hydrogen-bond donors (Lipinski definition) is 4. The van der Waals surface area contributed by atoms with Gasteiger partial charge in [-0.05, 0) is 63.7 Å². The summed E-state index contributed by atoms with van der Waals surface area (Å²) in [5.41, 5.74) is -2.30. The molecule has 252 valence electrons. The molecule has 0 unspecified atom stereocenters. The van der Waals surface area contributed by atoms with Crippen LogP contribution < -0.4 is 5.32 Å². The second kappa shape index (κ2) is 15.3. The van der Waals surface area contributed by atoms with Crippen molar-refractivity contribution < 1.29 is 39.1 Å². The molecule has 10 atom stereocenters. The summed E-state index contributed by atoms with van der Waals surface area (Å²) in [6, 6.07) is -1.78. The lowest BCUT2D eigenvalue weighted by molar-refractivity contribution is -0.212. The fourth-order valence-corrected chi connectivity index (χ4v) is 7.74. The standard InChI is InChI=1S/C33H56N2O8S/c1-10-13-33(8,9)28(27-24(37)23(36)25(38)30(42-27)44-15-11-2)34-29(39)22-26-21(17-20(12-14-41-26)16-19(3)4)18-35(22)31(40)43-32(5,6)7/h10-11,19-28,30,36-38H,1-2,12-18H2,3-9H3,(H,34,39)/t20-,21-,22-,23-,24+,25+,26+,27-,28-,30+/m0/s1.